The van der Waals surface area contributed by atoms with Crippen LogP contribution in [0, 0.1) is 6.92 Å². The van der Waals surface area contributed by atoms with Crippen LogP contribution in [0.2, 0.25) is 0 Å². The third-order valence-corrected chi connectivity index (χ3v) is 5.89. The summed E-state index contributed by atoms with van der Waals surface area (Å²) >= 11 is 1.39. The fourth-order valence-electron chi connectivity index (χ4n) is 3.96. The average Bonchev–Trinajstić information content (AvgIpc) is 2.74. The highest BCUT2D eigenvalue weighted by Gasteiger charge is 2.46. The maximum absolute atomic E-state index is 13.2. The average molecular weight is 452 g/mol. The van der Waals surface area contributed by atoms with Gasteiger partial charge in [-0.2, -0.15) is 0 Å². The number of para-hydroxylation sites is 2. The number of rotatable bonds is 4. The van der Waals surface area contributed by atoms with E-state index in [0.29, 0.717) is 39.2 Å². The number of aromatic nitrogens is 3. The number of carbonyl (C=O) groups is 2. The third kappa shape index (κ3) is 3.69. The molecule has 2 heterocycles. The number of carbonyl (C=O) groups excluding carboxylic acids is 2. The number of nitrogens with zero attached hydrogens (tertiary/aromatic N) is 3. The quantitative estimate of drug-likeness (QED) is 0.284. The van der Waals surface area contributed by atoms with Gasteiger partial charge >= 0.3 is 17.2 Å². The van der Waals surface area contributed by atoms with E-state index in [9.17, 15) is 14.4 Å². The first-order valence-electron chi connectivity index (χ1n) is 10.2. The molecule has 1 N–H and O–H groups in total. The van der Waals surface area contributed by atoms with E-state index < -0.39 is 12.1 Å². The Kier molecular flexibility index (Phi) is 5.84. The van der Waals surface area contributed by atoms with Gasteiger partial charge in [-0.15, -0.1) is 0 Å². The minimum absolute atomic E-state index is 0.234. The maximum atomic E-state index is 13.2. The van der Waals surface area contributed by atoms with Gasteiger partial charge in [0.05, 0.1) is 16.8 Å². The number of amides is 1. The molecule has 0 bridgehead atoms. The Bertz CT molecular complexity index is 1290. The van der Waals surface area contributed by atoms with Crippen molar-refractivity contribution in [3.8, 4) is 17.0 Å². The van der Waals surface area contributed by atoms with E-state index in [1.54, 1.807) is 27.8 Å². The fraction of sp³-hybridized carbons (Fsp3) is 0.261. The monoisotopic (exact) mass is 451 g/mol. The van der Waals surface area contributed by atoms with Crippen LogP contribution in [0.15, 0.2) is 52.4 Å². The van der Waals surface area contributed by atoms with E-state index >= 15 is 0 Å². The molecule has 1 atom stereocenters. The number of anilines is 1. The third-order valence-electron chi connectivity index (χ3n) is 5.14. The van der Waals surface area contributed by atoms with Crippen LogP contribution in [-0.4, -0.2) is 27.7 Å². The van der Waals surface area contributed by atoms with Crippen molar-refractivity contribution in [2.24, 2.45) is 0 Å². The van der Waals surface area contributed by atoms with Gasteiger partial charge in [-0.1, -0.05) is 43.0 Å². The summed E-state index contributed by atoms with van der Waals surface area (Å²) in [6.45, 7) is 6.58. The molecule has 9 heteroatoms. The molecule has 164 valence electrons. The first-order chi connectivity index (χ1) is 15.3. The van der Waals surface area contributed by atoms with Crippen molar-refractivity contribution >= 4 is 29.3 Å². The van der Waals surface area contributed by atoms with Gasteiger partial charge < -0.3 is 4.74 Å². The number of benzene rings is 2. The van der Waals surface area contributed by atoms with E-state index in [4.69, 9.17) is 9.84 Å². The molecule has 1 aliphatic rings. The van der Waals surface area contributed by atoms with Crippen molar-refractivity contribution in [2.75, 3.05) is 10.7 Å². The van der Waals surface area contributed by atoms with Crippen LogP contribution in [0.4, 0.5) is 5.69 Å². The van der Waals surface area contributed by atoms with Crippen LogP contribution in [0.25, 0.3) is 11.3 Å². The van der Waals surface area contributed by atoms with Gasteiger partial charge in [0.25, 0.3) is 6.17 Å². The normalized spacial score (nSPS) is 14.5. The standard InChI is InChI=1S/C23H22N4O4S/c1-5-32-23-24-21(30)19-16-10-6-7-12-18(16)26(14(3)28)22(27(19)25-23)17-11-8-9-13(2)20(17)31-15(4)29/h6-12,22H,5H2,1-4H3/p+1. The lowest BCUT2D eigenvalue weighted by molar-refractivity contribution is -0.763. The Labute approximate surface area is 189 Å². The summed E-state index contributed by atoms with van der Waals surface area (Å²) < 4.78 is 7.12. The lowest BCUT2D eigenvalue weighted by Gasteiger charge is -2.32. The topological polar surface area (TPSA) is 96.2 Å². The number of aryl methyl sites for hydroxylation is 1. The molecule has 4 rings (SSSR count). The van der Waals surface area contributed by atoms with Gasteiger partial charge in [-0.3, -0.25) is 19.4 Å². The summed E-state index contributed by atoms with van der Waals surface area (Å²) in [6.07, 6.45) is -0.815. The molecule has 1 unspecified atom stereocenters. The molecule has 32 heavy (non-hydrogen) atoms. The van der Waals surface area contributed by atoms with Crippen molar-refractivity contribution in [1.82, 2.24) is 10.1 Å². The second-order valence-electron chi connectivity index (χ2n) is 7.35. The zero-order chi connectivity index (χ0) is 23.0. The summed E-state index contributed by atoms with van der Waals surface area (Å²) in [5.74, 6) is 0.351. The Hall–Kier alpha value is -3.46. The molecule has 0 saturated carbocycles. The summed E-state index contributed by atoms with van der Waals surface area (Å²) in [4.78, 5) is 42.4. The summed E-state index contributed by atoms with van der Waals surface area (Å²) in [5.41, 5.74) is 2.50. The molecule has 0 spiro atoms. The minimum Gasteiger partial charge on any atom is -0.426 e. The minimum atomic E-state index is -0.815. The number of fused-ring (bicyclic) bond motifs is 3. The number of hydrogen-bond acceptors (Lipinski definition) is 6. The highest BCUT2D eigenvalue weighted by molar-refractivity contribution is 7.99. The SMILES string of the molecule is CCSc1n[n+]2c(c(=O)[nH]1)-c1ccccc1N(C(C)=O)C2c1cccc(C)c1OC(C)=O. The predicted molar refractivity (Wildman–Crippen MR) is 121 cm³/mol. The Morgan fingerprint density at radius 1 is 1.19 bits per heavy atom. The lowest BCUT2D eigenvalue weighted by Crippen LogP contribution is -2.60. The molecule has 3 aromatic rings. The van der Waals surface area contributed by atoms with E-state index in [1.165, 1.54) is 25.6 Å². The fourth-order valence-corrected chi connectivity index (χ4v) is 4.54. The molecule has 1 aliphatic heterocycles. The van der Waals surface area contributed by atoms with Crippen molar-refractivity contribution in [3.63, 3.8) is 0 Å². The highest BCUT2D eigenvalue weighted by Crippen LogP contribution is 2.40. The molecule has 0 fully saturated rings. The van der Waals surface area contributed by atoms with Crippen molar-refractivity contribution in [3.05, 3.63) is 63.9 Å². The number of aromatic amines is 1. The van der Waals surface area contributed by atoms with Gasteiger partial charge in [0.1, 0.15) is 5.75 Å². The second kappa shape index (κ2) is 8.58. The van der Waals surface area contributed by atoms with Gasteiger partial charge in [0, 0.05) is 18.9 Å². The molecule has 2 aromatic carbocycles. The lowest BCUT2D eigenvalue weighted by atomic mass is 9.99. The van der Waals surface area contributed by atoms with Crippen LogP contribution in [-0.2, 0) is 9.59 Å². The van der Waals surface area contributed by atoms with Gasteiger partial charge in [0.2, 0.25) is 11.1 Å². The smallest absolute Gasteiger partial charge is 0.325 e. The summed E-state index contributed by atoms with van der Waals surface area (Å²) in [7, 11) is 0. The van der Waals surface area contributed by atoms with Gasteiger partial charge in [-0.25, -0.2) is 4.90 Å². The van der Waals surface area contributed by atoms with Crippen LogP contribution >= 0.6 is 11.8 Å². The Morgan fingerprint density at radius 2 is 1.94 bits per heavy atom. The van der Waals surface area contributed by atoms with E-state index in [-0.39, 0.29) is 11.5 Å². The number of thioether (sulfide) groups is 1. The first kappa shape index (κ1) is 21.8. The van der Waals surface area contributed by atoms with Gasteiger partial charge in [0.15, 0.2) is 0 Å². The molecule has 0 radical (unpaired) electrons. The molecule has 8 nitrogen and oxygen atoms in total. The van der Waals surface area contributed by atoms with E-state index in [2.05, 4.69) is 4.98 Å². The first-order valence-corrected chi connectivity index (χ1v) is 11.2. The van der Waals surface area contributed by atoms with Crippen LogP contribution in [0.1, 0.15) is 38.1 Å². The van der Waals surface area contributed by atoms with E-state index in [1.807, 2.05) is 38.1 Å². The molecule has 0 aliphatic carbocycles. The van der Waals surface area contributed by atoms with E-state index in [0.717, 1.165) is 5.56 Å². The van der Waals surface area contributed by atoms with Crippen molar-refractivity contribution < 1.29 is 19.0 Å². The zero-order valence-corrected chi connectivity index (χ0v) is 19.0. The summed E-state index contributed by atoms with van der Waals surface area (Å²) in [5, 5.41) is 5.13. The van der Waals surface area contributed by atoms with Crippen LogP contribution < -0.4 is 19.9 Å². The highest BCUT2D eigenvalue weighted by atomic mass is 32.2. The number of nitrogens with one attached hydrogen (secondary N) is 1. The largest absolute Gasteiger partial charge is 0.426 e. The number of hydrogen-bond donors (Lipinski definition) is 1. The molecular formula is C23H23N4O4S+. The number of H-pyrrole nitrogens is 1. The Morgan fingerprint density at radius 3 is 2.62 bits per heavy atom. The maximum Gasteiger partial charge on any atom is 0.325 e. The molecular weight excluding hydrogens is 428 g/mol. The number of ether oxygens (including phenoxy) is 1. The van der Waals surface area contributed by atoms with Crippen molar-refractivity contribution in [1.29, 1.82) is 0 Å². The number of esters is 1. The van der Waals surface area contributed by atoms with Crippen LogP contribution in [0.3, 0.4) is 0 Å². The zero-order valence-electron chi connectivity index (χ0n) is 18.2. The van der Waals surface area contributed by atoms with Crippen molar-refractivity contribution in [2.45, 2.75) is 39.0 Å². The Balaban J connectivity index is 2.10. The molecule has 0 saturated heterocycles. The van der Waals surface area contributed by atoms with Gasteiger partial charge in [-0.05, 0) is 41.1 Å². The molecule has 1 aromatic heterocycles. The summed E-state index contributed by atoms with van der Waals surface area (Å²) in [6, 6.07) is 12.6. The predicted octanol–water partition coefficient (Wildman–Crippen LogP) is 2.98. The molecule has 1 amide bonds. The van der Waals surface area contributed by atoms with Crippen LogP contribution in [0.5, 0.6) is 5.75 Å². The second-order valence-corrected chi connectivity index (χ2v) is 8.60.